The molecule has 0 saturated carbocycles. The zero-order valence-electron chi connectivity index (χ0n) is 18.1. The molecule has 0 radical (unpaired) electrons. The van der Waals surface area contributed by atoms with Crippen LogP contribution in [0.2, 0.25) is 5.02 Å². The van der Waals surface area contributed by atoms with Gasteiger partial charge in [0, 0.05) is 41.4 Å². The van der Waals surface area contributed by atoms with Crippen molar-refractivity contribution in [2.45, 2.75) is 33.4 Å². The second kappa shape index (κ2) is 10.3. The summed E-state index contributed by atoms with van der Waals surface area (Å²) in [4.78, 5) is 40.9. The maximum absolute atomic E-state index is 13.2. The average molecular weight is 471 g/mol. The lowest BCUT2D eigenvalue weighted by atomic mass is 10.0. The van der Waals surface area contributed by atoms with Crippen LogP contribution in [0.3, 0.4) is 0 Å². The average Bonchev–Trinajstić information content (AvgIpc) is 2.77. The number of halogens is 1. The Bertz CT molecular complexity index is 1260. The number of benzene rings is 2. The summed E-state index contributed by atoms with van der Waals surface area (Å²) < 4.78 is 1.43. The van der Waals surface area contributed by atoms with Crippen LogP contribution in [0.25, 0.3) is 11.3 Å². The van der Waals surface area contributed by atoms with Crippen LogP contribution in [0.1, 0.15) is 25.0 Å². The maximum atomic E-state index is 13.2. The number of carbonyl (C=O) groups is 1. The van der Waals surface area contributed by atoms with Gasteiger partial charge in [-0.25, -0.2) is 4.98 Å². The molecule has 3 rings (SSSR count). The van der Waals surface area contributed by atoms with E-state index < -0.39 is 10.8 Å². The molecule has 1 aromatic heterocycles. The van der Waals surface area contributed by atoms with Crippen LogP contribution < -0.4 is 10.9 Å². The van der Waals surface area contributed by atoms with Crippen molar-refractivity contribution in [3.63, 3.8) is 0 Å². The van der Waals surface area contributed by atoms with Gasteiger partial charge in [0.15, 0.2) is 0 Å². The number of rotatable bonds is 8. The lowest BCUT2D eigenvalue weighted by Gasteiger charge is -2.14. The van der Waals surface area contributed by atoms with Crippen LogP contribution in [-0.4, -0.2) is 25.5 Å². The van der Waals surface area contributed by atoms with Crippen LogP contribution in [0.4, 0.5) is 5.69 Å². The van der Waals surface area contributed by atoms with Crippen LogP contribution in [0, 0.1) is 16.0 Å². The standard InChI is InChI=1S/C23H23ClN4O5/c1-14(2)12-27-13-26-22(15-4-3-5-18(9-15)28(32)33)19(23(27)31)10-21(30)25-11-16-8-17(24)6-7-20(16)29/h3-9,13-14,29H,10-12H2,1-2H3,(H,25,30). The van der Waals surface area contributed by atoms with Gasteiger partial charge in [-0.2, -0.15) is 0 Å². The molecule has 0 fully saturated rings. The van der Waals surface area contributed by atoms with E-state index in [9.17, 15) is 24.8 Å². The van der Waals surface area contributed by atoms with Crippen molar-refractivity contribution >= 4 is 23.2 Å². The van der Waals surface area contributed by atoms with Crippen molar-refractivity contribution in [2.75, 3.05) is 0 Å². The number of non-ortho nitro benzene ring substituents is 1. The van der Waals surface area contributed by atoms with Gasteiger partial charge >= 0.3 is 0 Å². The van der Waals surface area contributed by atoms with Crippen molar-refractivity contribution in [2.24, 2.45) is 5.92 Å². The van der Waals surface area contributed by atoms with Crippen molar-refractivity contribution in [3.8, 4) is 17.0 Å². The third-order valence-electron chi connectivity index (χ3n) is 4.88. The Morgan fingerprint density at radius 2 is 2.03 bits per heavy atom. The van der Waals surface area contributed by atoms with Gasteiger partial charge in [0.1, 0.15) is 5.75 Å². The predicted molar refractivity (Wildman–Crippen MR) is 124 cm³/mol. The van der Waals surface area contributed by atoms with E-state index in [0.29, 0.717) is 22.7 Å². The molecule has 1 heterocycles. The lowest BCUT2D eigenvalue weighted by Crippen LogP contribution is -2.32. The fourth-order valence-corrected chi connectivity index (χ4v) is 3.54. The molecule has 0 aliphatic carbocycles. The number of aromatic hydroxyl groups is 1. The quantitative estimate of drug-likeness (QED) is 0.381. The lowest BCUT2D eigenvalue weighted by molar-refractivity contribution is -0.384. The number of aromatic nitrogens is 2. The first kappa shape index (κ1) is 23.9. The number of nitrogens with one attached hydrogen (secondary N) is 1. The van der Waals surface area contributed by atoms with Crippen LogP contribution in [0.15, 0.2) is 53.6 Å². The highest BCUT2D eigenvalue weighted by molar-refractivity contribution is 6.30. The Hall–Kier alpha value is -3.72. The third-order valence-corrected chi connectivity index (χ3v) is 5.11. The molecule has 172 valence electrons. The summed E-state index contributed by atoms with van der Waals surface area (Å²) in [5, 5.41) is 24.2. The summed E-state index contributed by atoms with van der Waals surface area (Å²) in [5.41, 5.74) is 0.607. The van der Waals surface area contributed by atoms with Gasteiger partial charge in [-0.3, -0.25) is 24.3 Å². The van der Waals surface area contributed by atoms with Gasteiger partial charge in [-0.05, 0) is 24.1 Å². The third kappa shape index (κ3) is 5.95. The molecule has 10 heteroatoms. The number of hydrogen-bond donors (Lipinski definition) is 2. The molecule has 33 heavy (non-hydrogen) atoms. The molecule has 3 aromatic rings. The van der Waals surface area contributed by atoms with Crippen molar-refractivity contribution < 1.29 is 14.8 Å². The number of nitro groups is 1. The second-order valence-corrected chi connectivity index (χ2v) is 8.39. The smallest absolute Gasteiger partial charge is 0.270 e. The van der Waals surface area contributed by atoms with E-state index in [-0.39, 0.29) is 47.1 Å². The summed E-state index contributed by atoms with van der Waals surface area (Å²) in [6, 6.07) is 10.3. The molecule has 9 nitrogen and oxygen atoms in total. The summed E-state index contributed by atoms with van der Waals surface area (Å²) in [6.45, 7) is 4.32. The Labute approximate surface area is 194 Å². The van der Waals surface area contributed by atoms with Gasteiger partial charge in [-0.1, -0.05) is 37.6 Å². The second-order valence-electron chi connectivity index (χ2n) is 7.96. The van der Waals surface area contributed by atoms with Gasteiger partial charge in [0.05, 0.1) is 28.9 Å². The summed E-state index contributed by atoms with van der Waals surface area (Å²) in [7, 11) is 0. The summed E-state index contributed by atoms with van der Waals surface area (Å²) in [6.07, 6.45) is 1.10. The van der Waals surface area contributed by atoms with E-state index in [1.807, 2.05) is 13.8 Å². The first-order valence-corrected chi connectivity index (χ1v) is 10.6. The molecule has 0 unspecified atom stereocenters. The van der Waals surface area contributed by atoms with Gasteiger partial charge in [0.25, 0.3) is 11.2 Å². The minimum Gasteiger partial charge on any atom is -0.508 e. The highest BCUT2D eigenvalue weighted by Gasteiger charge is 2.19. The molecule has 0 bridgehead atoms. The molecule has 2 aromatic carbocycles. The molecule has 0 saturated heterocycles. The van der Waals surface area contributed by atoms with Crippen LogP contribution in [0.5, 0.6) is 5.75 Å². The van der Waals surface area contributed by atoms with Gasteiger partial charge in [-0.15, -0.1) is 0 Å². The number of nitrogens with zero attached hydrogens (tertiary/aromatic N) is 3. The van der Waals surface area contributed by atoms with E-state index in [0.717, 1.165) is 0 Å². The predicted octanol–water partition coefficient (Wildman–Crippen LogP) is 3.69. The van der Waals surface area contributed by atoms with E-state index >= 15 is 0 Å². The highest BCUT2D eigenvalue weighted by Crippen LogP contribution is 2.25. The monoisotopic (exact) mass is 470 g/mol. The number of phenolic OH excluding ortho intramolecular Hbond substituents is 1. The summed E-state index contributed by atoms with van der Waals surface area (Å²) in [5.74, 6) is -0.319. The van der Waals surface area contributed by atoms with Crippen LogP contribution >= 0.6 is 11.6 Å². The molecular formula is C23H23ClN4O5. The Morgan fingerprint density at radius 1 is 1.27 bits per heavy atom. The molecule has 1 amide bonds. The zero-order valence-corrected chi connectivity index (χ0v) is 18.9. The zero-order chi connectivity index (χ0) is 24.1. The van der Waals surface area contributed by atoms with Crippen molar-refractivity contribution in [1.29, 1.82) is 0 Å². The molecule has 0 atom stereocenters. The number of amides is 1. The largest absolute Gasteiger partial charge is 0.508 e. The number of phenols is 1. The fourth-order valence-electron chi connectivity index (χ4n) is 3.34. The molecular weight excluding hydrogens is 448 g/mol. The number of nitro benzene ring substituents is 1. The van der Waals surface area contributed by atoms with Gasteiger partial charge in [0.2, 0.25) is 5.91 Å². The van der Waals surface area contributed by atoms with E-state index in [1.54, 1.807) is 6.07 Å². The van der Waals surface area contributed by atoms with Gasteiger partial charge < -0.3 is 10.4 Å². The van der Waals surface area contributed by atoms with E-state index in [2.05, 4.69) is 10.3 Å². The summed E-state index contributed by atoms with van der Waals surface area (Å²) >= 11 is 5.94. The SMILES string of the molecule is CC(C)Cn1cnc(-c2cccc([N+](=O)[O-])c2)c(CC(=O)NCc2cc(Cl)ccc2O)c1=O. The topological polar surface area (TPSA) is 127 Å². The highest BCUT2D eigenvalue weighted by atomic mass is 35.5. The van der Waals surface area contributed by atoms with Crippen molar-refractivity contribution in [1.82, 2.24) is 14.9 Å². The number of carbonyl (C=O) groups excluding carboxylic acids is 1. The minimum atomic E-state index is -0.534. The first-order valence-electron chi connectivity index (χ1n) is 10.2. The van der Waals surface area contributed by atoms with Crippen LogP contribution in [-0.2, 0) is 24.3 Å². The van der Waals surface area contributed by atoms with E-state index in [1.165, 1.54) is 47.3 Å². The Balaban J connectivity index is 1.94. The van der Waals surface area contributed by atoms with E-state index in [4.69, 9.17) is 11.6 Å². The molecule has 0 spiro atoms. The molecule has 0 aliphatic rings. The molecule has 2 N–H and O–H groups in total. The fraction of sp³-hybridized carbons (Fsp3) is 0.261. The maximum Gasteiger partial charge on any atom is 0.270 e. The Morgan fingerprint density at radius 3 is 2.73 bits per heavy atom. The van der Waals surface area contributed by atoms with Crippen molar-refractivity contribution in [3.05, 3.63) is 85.4 Å². The first-order chi connectivity index (χ1) is 15.7. The minimum absolute atomic E-state index is 0.0117. The number of hydrogen-bond acceptors (Lipinski definition) is 6. The normalized spacial score (nSPS) is 10.9. The molecule has 0 aliphatic heterocycles. The Kier molecular flexibility index (Phi) is 7.44.